The summed E-state index contributed by atoms with van der Waals surface area (Å²) in [6.07, 6.45) is 0.672. The molecule has 2 aromatic carbocycles. The topological polar surface area (TPSA) is 59.9 Å². The summed E-state index contributed by atoms with van der Waals surface area (Å²) in [4.78, 5) is 12.1. The van der Waals surface area contributed by atoms with E-state index in [0.29, 0.717) is 34.4 Å². The number of methoxy groups -OCH3 is 2. The predicted molar refractivity (Wildman–Crippen MR) is 112 cm³/mol. The molecule has 0 saturated carbocycles. The predicted octanol–water partition coefficient (Wildman–Crippen LogP) is 4.52. The number of nitrogens with zero attached hydrogens (tertiary/aromatic N) is 1. The van der Waals surface area contributed by atoms with Crippen LogP contribution >= 0.6 is 23.4 Å². The van der Waals surface area contributed by atoms with Crippen LogP contribution in [0.2, 0.25) is 5.02 Å². The molecule has 0 aliphatic rings. The summed E-state index contributed by atoms with van der Waals surface area (Å²) in [5.41, 5.74) is 5.36. The highest BCUT2D eigenvalue weighted by Crippen LogP contribution is 2.28. The van der Waals surface area contributed by atoms with Crippen LogP contribution in [-0.2, 0) is 10.5 Å². The van der Waals surface area contributed by atoms with E-state index in [-0.39, 0.29) is 5.91 Å². The van der Waals surface area contributed by atoms with Gasteiger partial charge >= 0.3 is 0 Å². The van der Waals surface area contributed by atoms with Crippen LogP contribution in [0.25, 0.3) is 0 Å². The fourth-order valence-electron chi connectivity index (χ4n) is 2.41. The molecular formula is C20H23ClN2O3S. The van der Waals surface area contributed by atoms with Gasteiger partial charge in [0, 0.05) is 16.3 Å². The Morgan fingerprint density at radius 1 is 1.15 bits per heavy atom. The SMILES string of the molecule is CC/C(=N/NC(=O)CSCc1cccc(Cl)c1)c1ccc(OC)c(OC)c1. The van der Waals surface area contributed by atoms with Gasteiger partial charge in [-0.1, -0.05) is 30.7 Å². The van der Waals surface area contributed by atoms with Crippen LogP contribution in [-0.4, -0.2) is 31.6 Å². The third kappa shape index (κ3) is 6.48. The number of ether oxygens (including phenoxy) is 2. The van der Waals surface area contributed by atoms with E-state index in [9.17, 15) is 4.79 Å². The molecule has 1 N–H and O–H groups in total. The van der Waals surface area contributed by atoms with Crippen LogP contribution < -0.4 is 14.9 Å². The van der Waals surface area contributed by atoms with Crippen LogP contribution in [0.1, 0.15) is 24.5 Å². The van der Waals surface area contributed by atoms with Crippen molar-refractivity contribution in [3.8, 4) is 11.5 Å². The number of nitrogens with one attached hydrogen (secondary N) is 1. The Morgan fingerprint density at radius 2 is 1.93 bits per heavy atom. The molecule has 2 rings (SSSR count). The van der Waals surface area contributed by atoms with Crippen molar-refractivity contribution in [2.24, 2.45) is 5.10 Å². The highest BCUT2D eigenvalue weighted by molar-refractivity contribution is 7.99. The monoisotopic (exact) mass is 406 g/mol. The van der Waals surface area contributed by atoms with E-state index < -0.39 is 0 Å². The van der Waals surface area contributed by atoms with Gasteiger partial charge in [-0.3, -0.25) is 4.79 Å². The second-order valence-electron chi connectivity index (χ2n) is 5.64. The van der Waals surface area contributed by atoms with Crippen molar-refractivity contribution in [3.63, 3.8) is 0 Å². The van der Waals surface area contributed by atoms with E-state index in [1.165, 1.54) is 11.8 Å². The molecular weight excluding hydrogens is 384 g/mol. The quantitative estimate of drug-likeness (QED) is 0.491. The van der Waals surface area contributed by atoms with Crippen LogP contribution in [0.3, 0.4) is 0 Å². The molecule has 0 atom stereocenters. The van der Waals surface area contributed by atoms with Crippen molar-refractivity contribution in [1.82, 2.24) is 5.43 Å². The lowest BCUT2D eigenvalue weighted by Gasteiger charge is -2.10. The zero-order chi connectivity index (χ0) is 19.6. The van der Waals surface area contributed by atoms with Crippen LogP contribution in [0, 0.1) is 0 Å². The van der Waals surface area contributed by atoms with E-state index in [2.05, 4.69) is 10.5 Å². The van der Waals surface area contributed by atoms with Crippen molar-refractivity contribution in [1.29, 1.82) is 0 Å². The van der Waals surface area contributed by atoms with E-state index in [1.807, 2.05) is 49.4 Å². The summed E-state index contributed by atoms with van der Waals surface area (Å²) in [6.45, 7) is 1.98. The Bertz CT molecular complexity index is 812. The summed E-state index contributed by atoms with van der Waals surface area (Å²) in [5, 5.41) is 4.97. The van der Waals surface area contributed by atoms with Gasteiger partial charge < -0.3 is 9.47 Å². The molecule has 0 saturated heterocycles. The lowest BCUT2D eigenvalue weighted by molar-refractivity contribution is -0.118. The van der Waals surface area contributed by atoms with Crippen LogP contribution in [0.5, 0.6) is 11.5 Å². The summed E-state index contributed by atoms with van der Waals surface area (Å²) < 4.78 is 10.6. The number of halogens is 1. The Morgan fingerprint density at radius 3 is 2.59 bits per heavy atom. The zero-order valence-electron chi connectivity index (χ0n) is 15.6. The highest BCUT2D eigenvalue weighted by atomic mass is 35.5. The van der Waals surface area contributed by atoms with Gasteiger partial charge in [-0.15, -0.1) is 11.8 Å². The Balaban J connectivity index is 1.92. The summed E-state index contributed by atoms with van der Waals surface area (Å²) >= 11 is 7.48. The molecule has 0 fully saturated rings. The first-order valence-electron chi connectivity index (χ1n) is 8.47. The maximum absolute atomic E-state index is 12.1. The average molecular weight is 407 g/mol. The molecule has 0 aliphatic carbocycles. The molecule has 0 aliphatic heterocycles. The van der Waals surface area contributed by atoms with Gasteiger partial charge in [-0.2, -0.15) is 5.10 Å². The lowest BCUT2D eigenvalue weighted by Crippen LogP contribution is -2.21. The Labute approximate surface area is 169 Å². The molecule has 0 heterocycles. The Hall–Kier alpha value is -2.18. The highest BCUT2D eigenvalue weighted by Gasteiger charge is 2.09. The fraction of sp³-hybridized carbons (Fsp3) is 0.300. The van der Waals surface area contributed by atoms with Crippen molar-refractivity contribution >= 4 is 35.0 Å². The minimum absolute atomic E-state index is 0.145. The van der Waals surface area contributed by atoms with Gasteiger partial charge in [0.15, 0.2) is 11.5 Å². The number of carbonyl (C=O) groups is 1. The number of carbonyl (C=O) groups excluding carboxylic acids is 1. The first-order chi connectivity index (χ1) is 13.1. The van der Waals surface area contributed by atoms with Crippen LogP contribution in [0.4, 0.5) is 0 Å². The van der Waals surface area contributed by atoms with Crippen molar-refractivity contribution < 1.29 is 14.3 Å². The van der Waals surface area contributed by atoms with E-state index in [4.69, 9.17) is 21.1 Å². The first kappa shape index (κ1) is 21.1. The molecule has 0 spiro atoms. The summed E-state index contributed by atoms with van der Waals surface area (Å²) in [5.74, 6) is 2.17. The van der Waals surface area contributed by atoms with Crippen LogP contribution in [0.15, 0.2) is 47.6 Å². The average Bonchev–Trinajstić information content (AvgIpc) is 2.68. The molecule has 27 heavy (non-hydrogen) atoms. The minimum Gasteiger partial charge on any atom is -0.493 e. The maximum atomic E-state index is 12.1. The third-order valence-electron chi connectivity index (χ3n) is 3.76. The molecule has 2 aromatic rings. The van der Waals surface area contributed by atoms with Crippen molar-refractivity contribution in [2.75, 3.05) is 20.0 Å². The molecule has 1 amide bonds. The summed E-state index contributed by atoms with van der Waals surface area (Å²) in [7, 11) is 3.18. The molecule has 0 unspecified atom stereocenters. The zero-order valence-corrected chi connectivity index (χ0v) is 17.2. The first-order valence-corrected chi connectivity index (χ1v) is 10.0. The molecule has 144 valence electrons. The standard InChI is InChI=1S/C20H23ClN2O3S/c1-4-17(15-8-9-18(25-2)19(11-15)26-3)22-23-20(24)13-27-12-14-6-5-7-16(21)10-14/h5-11H,4,12-13H2,1-3H3,(H,23,24)/b22-17-. The number of hydrogen-bond acceptors (Lipinski definition) is 5. The Kier molecular flexibility index (Phi) is 8.48. The number of hydrogen-bond donors (Lipinski definition) is 1. The minimum atomic E-state index is -0.145. The summed E-state index contributed by atoms with van der Waals surface area (Å²) in [6, 6.07) is 13.2. The van der Waals surface area contributed by atoms with E-state index in [0.717, 1.165) is 16.8 Å². The van der Waals surface area contributed by atoms with Gasteiger partial charge in [0.25, 0.3) is 0 Å². The number of rotatable bonds is 9. The van der Waals surface area contributed by atoms with Gasteiger partial charge in [-0.05, 0) is 42.3 Å². The normalized spacial score (nSPS) is 11.2. The largest absolute Gasteiger partial charge is 0.493 e. The maximum Gasteiger partial charge on any atom is 0.250 e. The van der Waals surface area contributed by atoms with Crippen molar-refractivity contribution in [3.05, 3.63) is 58.6 Å². The third-order valence-corrected chi connectivity index (χ3v) is 5.00. The van der Waals surface area contributed by atoms with Gasteiger partial charge in [-0.25, -0.2) is 5.43 Å². The molecule has 7 heteroatoms. The fourth-order valence-corrected chi connectivity index (χ4v) is 3.39. The lowest BCUT2D eigenvalue weighted by atomic mass is 10.1. The van der Waals surface area contributed by atoms with E-state index >= 15 is 0 Å². The van der Waals surface area contributed by atoms with Gasteiger partial charge in [0.1, 0.15) is 0 Å². The second-order valence-corrected chi connectivity index (χ2v) is 7.06. The number of amides is 1. The van der Waals surface area contributed by atoms with Gasteiger partial charge in [0.05, 0.1) is 25.7 Å². The molecule has 0 bridgehead atoms. The second kappa shape index (κ2) is 10.8. The van der Waals surface area contributed by atoms with Crippen molar-refractivity contribution in [2.45, 2.75) is 19.1 Å². The van der Waals surface area contributed by atoms with Gasteiger partial charge in [0.2, 0.25) is 5.91 Å². The number of thioether (sulfide) groups is 1. The molecule has 0 aromatic heterocycles. The smallest absolute Gasteiger partial charge is 0.250 e. The van der Waals surface area contributed by atoms with E-state index in [1.54, 1.807) is 14.2 Å². The number of hydrazone groups is 1. The molecule has 0 radical (unpaired) electrons. The molecule has 5 nitrogen and oxygen atoms in total. The number of benzene rings is 2.